The second-order valence-electron chi connectivity index (χ2n) is 1.97. The van der Waals surface area contributed by atoms with E-state index in [0.717, 1.165) is 5.76 Å². The van der Waals surface area contributed by atoms with Gasteiger partial charge in [0, 0.05) is 0 Å². The Morgan fingerprint density at radius 2 is 2.00 bits per heavy atom. The molecular weight excluding hydrogens is 128 g/mol. The van der Waals surface area contributed by atoms with Crippen molar-refractivity contribution in [1.82, 2.24) is 0 Å². The topological polar surface area (TPSA) is 29.5 Å². The molecule has 0 amide bonds. The van der Waals surface area contributed by atoms with Crippen molar-refractivity contribution >= 4 is 0 Å². The van der Waals surface area contributed by atoms with Crippen LogP contribution >= 0.6 is 0 Å². The number of allylic oxidation sites excluding steroid dienone is 3. The van der Waals surface area contributed by atoms with Crippen LogP contribution in [0.25, 0.3) is 0 Å². The molecule has 0 aromatic carbocycles. The molecule has 0 aromatic heterocycles. The van der Waals surface area contributed by atoms with Crippen LogP contribution < -0.4 is 0 Å². The van der Waals surface area contributed by atoms with Crippen molar-refractivity contribution < 1.29 is 9.84 Å². The fraction of sp³-hybridized carbons (Fsp3) is 0.500. The predicted octanol–water partition coefficient (Wildman–Crippen LogP) is 2.39. The van der Waals surface area contributed by atoms with Gasteiger partial charge in [-0.3, -0.25) is 0 Å². The van der Waals surface area contributed by atoms with Crippen LogP contribution in [0.1, 0.15) is 20.8 Å². The van der Waals surface area contributed by atoms with Gasteiger partial charge in [0.1, 0.15) is 12.4 Å². The Labute approximate surface area is 61.8 Å². The lowest BCUT2D eigenvalue weighted by Gasteiger charge is -2.03. The van der Waals surface area contributed by atoms with E-state index in [0.29, 0.717) is 0 Å². The molecule has 0 fully saturated rings. The third kappa shape index (κ3) is 4.01. The van der Waals surface area contributed by atoms with Crippen molar-refractivity contribution in [2.24, 2.45) is 0 Å². The molecule has 10 heavy (non-hydrogen) atoms. The predicted molar refractivity (Wildman–Crippen MR) is 41.8 cm³/mol. The van der Waals surface area contributed by atoms with Gasteiger partial charge in [-0.25, -0.2) is 0 Å². The first-order valence-electron chi connectivity index (χ1n) is 3.30. The van der Waals surface area contributed by atoms with Gasteiger partial charge in [-0.1, -0.05) is 0 Å². The summed E-state index contributed by atoms with van der Waals surface area (Å²) in [6, 6.07) is 0. The first kappa shape index (κ1) is 9.08. The van der Waals surface area contributed by atoms with E-state index in [-0.39, 0.29) is 12.4 Å². The number of rotatable bonds is 3. The molecule has 1 N–H and O–H groups in total. The number of aliphatic hydroxyl groups excluding tert-OH is 1. The molecule has 0 saturated heterocycles. The first-order chi connectivity index (χ1) is 4.70. The van der Waals surface area contributed by atoms with Crippen molar-refractivity contribution in [3.63, 3.8) is 0 Å². The van der Waals surface area contributed by atoms with Crippen LogP contribution in [0.15, 0.2) is 23.7 Å². The Bertz CT molecular complexity index is 127. The summed E-state index contributed by atoms with van der Waals surface area (Å²) >= 11 is 0. The van der Waals surface area contributed by atoms with Gasteiger partial charge in [0.25, 0.3) is 0 Å². The summed E-state index contributed by atoms with van der Waals surface area (Å²) in [5.41, 5.74) is 0. The molecule has 0 saturated carbocycles. The minimum Gasteiger partial charge on any atom is -0.509 e. The van der Waals surface area contributed by atoms with E-state index in [4.69, 9.17) is 9.84 Å². The van der Waals surface area contributed by atoms with Crippen molar-refractivity contribution in [2.75, 3.05) is 6.61 Å². The van der Waals surface area contributed by atoms with Crippen molar-refractivity contribution in [3.05, 3.63) is 23.7 Å². The average molecular weight is 142 g/mol. The highest BCUT2D eigenvalue weighted by Crippen LogP contribution is 1.97. The lowest BCUT2D eigenvalue weighted by molar-refractivity contribution is 0.195. The molecule has 58 valence electrons. The van der Waals surface area contributed by atoms with E-state index in [2.05, 4.69) is 0 Å². The standard InChI is InChI=1S/C8H14O2/c1-4-7(3)10-6-8(9)5-2/h4-5,9H,6H2,1-3H3. The molecule has 0 bridgehead atoms. The summed E-state index contributed by atoms with van der Waals surface area (Å²) in [6.45, 7) is 5.78. The summed E-state index contributed by atoms with van der Waals surface area (Å²) in [4.78, 5) is 0. The maximum Gasteiger partial charge on any atom is 0.144 e. The largest absolute Gasteiger partial charge is 0.509 e. The van der Waals surface area contributed by atoms with Crippen LogP contribution in [0.4, 0.5) is 0 Å². The summed E-state index contributed by atoms with van der Waals surface area (Å²) in [6.07, 6.45) is 3.46. The Hall–Kier alpha value is -0.920. The zero-order chi connectivity index (χ0) is 7.98. The number of ether oxygens (including phenoxy) is 1. The molecule has 0 heterocycles. The zero-order valence-corrected chi connectivity index (χ0v) is 6.72. The molecule has 2 heteroatoms. The van der Waals surface area contributed by atoms with Crippen molar-refractivity contribution in [3.8, 4) is 0 Å². The minimum absolute atomic E-state index is 0.265. The van der Waals surface area contributed by atoms with Gasteiger partial charge in [0.2, 0.25) is 0 Å². The normalized spacial score (nSPS) is 13.5. The number of aliphatic hydroxyl groups is 1. The molecule has 0 aromatic rings. The highest BCUT2D eigenvalue weighted by molar-refractivity contribution is 4.91. The second-order valence-corrected chi connectivity index (χ2v) is 1.97. The van der Waals surface area contributed by atoms with Gasteiger partial charge in [-0.05, 0) is 32.9 Å². The highest BCUT2D eigenvalue weighted by Gasteiger charge is 1.90. The van der Waals surface area contributed by atoms with E-state index in [9.17, 15) is 0 Å². The van der Waals surface area contributed by atoms with E-state index in [1.54, 1.807) is 13.0 Å². The van der Waals surface area contributed by atoms with Crippen molar-refractivity contribution in [2.45, 2.75) is 20.8 Å². The van der Waals surface area contributed by atoms with Crippen LogP contribution in [0.3, 0.4) is 0 Å². The first-order valence-corrected chi connectivity index (χ1v) is 3.30. The van der Waals surface area contributed by atoms with Gasteiger partial charge in [-0.2, -0.15) is 0 Å². The van der Waals surface area contributed by atoms with Crippen LogP contribution in [-0.2, 0) is 4.74 Å². The van der Waals surface area contributed by atoms with Crippen LogP contribution in [0.2, 0.25) is 0 Å². The lowest BCUT2D eigenvalue weighted by atomic mass is 10.5. The molecular formula is C8H14O2. The van der Waals surface area contributed by atoms with Crippen LogP contribution in [0.5, 0.6) is 0 Å². The van der Waals surface area contributed by atoms with Gasteiger partial charge in [0.05, 0.1) is 5.76 Å². The quantitative estimate of drug-likeness (QED) is 0.613. The van der Waals surface area contributed by atoms with Crippen LogP contribution in [0, 0.1) is 0 Å². The number of hydrogen-bond acceptors (Lipinski definition) is 2. The molecule has 0 atom stereocenters. The SMILES string of the molecule is CC=C(O)COC(C)=CC. The molecule has 0 aliphatic heterocycles. The summed E-state index contributed by atoms with van der Waals surface area (Å²) in [7, 11) is 0. The fourth-order valence-electron chi connectivity index (χ4n) is 0.354. The molecule has 0 radical (unpaired) electrons. The Morgan fingerprint density at radius 3 is 2.40 bits per heavy atom. The Kier molecular flexibility index (Phi) is 4.46. The van der Waals surface area contributed by atoms with Gasteiger partial charge in [-0.15, -0.1) is 0 Å². The van der Waals surface area contributed by atoms with Crippen LogP contribution in [-0.4, -0.2) is 11.7 Å². The monoisotopic (exact) mass is 142 g/mol. The molecule has 0 rings (SSSR count). The summed E-state index contributed by atoms with van der Waals surface area (Å²) in [5, 5.41) is 8.91. The third-order valence-corrected chi connectivity index (χ3v) is 1.19. The van der Waals surface area contributed by atoms with E-state index in [1.807, 2.05) is 19.9 Å². The Balaban J connectivity index is 3.56. The number of hydrogen-bond donors (Lipinski definition) is 1. The van der Waals surface area contributed by atoms with Gasteiger partial charge < -0.3 is 9.84 Å². The lowest BCUT2D eigenvalue weighted by Crippen LogP contribution is -1.94. The third-order valence-electron chi connectivity index (χ3n) is 1.19. The molecule has 0 aliphatic rings. The maximum absolute atomic E-state index is 8.91. The molecule has 0 spiro atoms. The Morgan fingerprint density at radius 1 is 1.40 bits per heavy atom. The highest BCUT2D eigenvalue weighted by atomic mass is 16.5. The average Bonchev–Trinajstić information content (AvgIpc) is 1.99. The minimum atomic E-state index is 0.265. The molecule has 2 nitrogen and oxygen atoms in total. The smallest absolute Gasteiger partial charge is 0.144 e. The van der Waals surface area contributed by atoms with E-state index < -0.39 is 0 Å². The summed E-state index contributed by atoms with van der Waals surface area (Å²) in [5.74, 6) is 1.09. The molecule has 0 aliphatic carbocycles. The van der Waals surface area contributed by atoms with E-state index in [1.165, 1.54) is 0 Å². The van der Waals surface area contributed by atoms with Crippen molar-refractivity contribution in [1.29, 1.82) is 0 Å². The molecule has 0 unspecified atom stereocenters. The van der Waals surface area contributed by atoms with Gasteiger partial charge >= 0.3 is 0 Å². The summed E-state index contributed by atoms with van der Waals surface area (Å²) < 4.78 is 5.09. The second kappa shape index (κ2) is 4.91. The van der Waals surface area contributed by atoms with Gasteiger partial charge in [0.15, 0.2) is 0 Å². The zero-order valence-electron chi connectivity index (χ0n) is 6.72. The fourth-order valence-corrected chi connectivity index (χ4v) is 0.354. The maximum atomic E-state index is 8.91. The van der Waals surface area contributed by atoms with E-state index >= 15 is 0 Å².